The van der Waals surface area contributed by atoms with E-state index in [1.54, 1.807) is 13.1 Å². The quantitative estimate of drug-likeness (QED) is 0.784. The smallest absolute Gasteiger partial charge is 0.253 e. The fourth-order valence-electron chi connectivity index (χ4n) is 1.71. The van der Waals surface area contributed by atoms with E-state index in [9.17, 15) is 4.79 Å². The third-order valence-corrected chi connectivity index (χ3v) is 2.83. The molecule has 0 fully saturated rings. The van der Waals surface area contributed by atoms with E-state index in [2.05, 4.69) is 17.2 Å². The minimum atomic E-state index is -0.0919. The second-order valence-corrected chi connectivity index (χ2v) is 4.46. The zero-order chi connectivity index (χ0) is 14.3. The number of anilines is 1. The van der Waals surface area contributed by atoms with E-state index >= 15 is 0 Å². The van der Waals surface area contributed by atoms with Crippen LogP contribution >= 0.6 is 0 Å². The number of nitrogens with zero attached hydrogens (tertiary/aromatic N) is 2. The van der Waals surface area contributed by atoms with Crippen LogP contribution in [-0.2, 0) is 6.42 Å². The summed E-state index contributed by atoms with van der Waals surface area (Å²) in [7, 11) is 1.68. The van der Waals surface area contributed by atoms with Crippen molar-refractivity contribution >= 4 is 11.7 Å². The number of carbonyl (C=O) groups excluding carboxylic acids is 1. The molecule has 0 atom stereocenters. The zero-order valence-electron chi connectivity index (χ0n) is 11.9. The van der Waals surface area contributed by atoms with Gasteiger partial charge in [-0.1, -0.05) is 13.8 Å². The van der Waals surface area contributed by atoms with Crippen molar-refractivity contribution in [2.75, 3.05) is 32.1 Å². The molecule has 0 radical (unpaired) electrons. The molecule has 0 aliphatic rings. The minimum Gasteiger partial charge on any atom is -0.395 e. The monoisotopic (exact) mass is 265 g/mol. The number of nitrogens with one attached hydrogen (secondary N) is 1. The maximum Gasteiger partial charge on any atom is 0.253 e. The molecule has 5 nitrogen and oxygen atoms in total. The van der Waals surface area contributed by atoms with Gasteiger partial charge in [0.05, 0.1) is 6.61 Å². The summed E-state index contributed by atoms with van der Waals surface area (Å²) in [6.07, 6.45) is 1.79. The lowest BCUT2D eigenvalue weighted by Crippen LogP contribution is -2.29. The van der Waals surface area contributed by atoms with Gasteiger partial charge in [0.15, 0.2) is 0 Å². The normalized spacial score (nSPS) is 10.3. The number of aromatic nitrogens is 1. The lowest BCUT2D eigenvalue weighted by atomic mass is 10.1. The molecule has 0 unspecified atom stereocenters. The average molecular weight is 265 g/mol. The van der Waals surface area contributed by atoms with Gasteiger partial charge in [-0.25, -0.2) is 4.98 Å². The van der Waals surface area contributed by atoms with Crippen molar-refractivity contribution in [1.82, 2.24) is 9.88 Å². The topological polar surface area (TPSA) is 65.5 Å². The van der Waals surface area contributed by atoms with Gasteiger partial charge in [0.25, 0.3) is 5.91 Å². The average Bonchev–Trinajstić information content (AvgIpc) is 2.44. The first-order valence-corrected chi connectivity index (χ1v) is 6.73. The first-order valence-electron chi connectivity index (χ1n) is 6.73. The van der Waals surface area contributed by atoms with Crippen LogP contribution in [0.1, 0.15) is 36.3 Å². The second-order valence-electron chi connectivity index (χ2n) is 4.46. The number of carbonyl (C=O) groups is 1. The highest BCUT2D eigenvalue weighted by Crippen LogP contribution is 2.13. The van der Waals surface area contributed by atoms with Gasteiger partial charge < -0.3 is 15.3 Å². The molecule has 2 N–H and O–H groups in total. The lowest BCUT2D eigenvalue weighted by molar-refractivity contribution is 0.0767. The van der Waals surface area contributed by atoms with Gasteiger partial charge in [0.2, 0.25) is 0 Å². The Hall–Kier alpha value is -1.62. The number of hydrogen-bond acceptors (Lipinski definition) is 4. The third-order valence-electron chi connectivity index (χ3n) is 2.83. The summed E-state index contributed by atoms with van der Waals surface area (Å²) >= 11 is 0. The molecule has 1 amide bonds. The number of aliphatic hydroxyl groups is 1. The van der Waals surface area contributed by atoms with Crippen molar-refractivity contribution < 1.29 is 9.90 Å². The molecular formula is C14H23N3O2. The summed E-state index contributed by atoms with van der Waals surface area (Å²) in [5.74, 6) is 0.646. The SMILES string of the molecule is CCCNc1cc(C(=O)N(C)CCO)cc(CC)n1. The minimum absolute atomic E-state index is 0.0328. The molecule has 0 spiro atoms. The standard InChI is InChI=1S/C14H23N3O2/c1-4-6-15-13-10-11(9-12(5-2)16-13)14(19)17(3)7-8-18/h9-10,18H,4-8H2,1-3H3,(H,15,16). The molecule has 0 bridgehead atoms. The zero-order valence-corrected chi connectivity index (χ0v) is 11.9. The fraction of sp³-hybridized carbons (Fsp3) is 0.571. The number of pyridine rings is 1. The molecule has 5 heteroatoms. The summed E-state index contributed by atoms with van der Waals surface area (Å²) in [4.78, 5) is 18.1. The molecule has 1 aromatic heterocycles. The third kappa shape index (κ3) is 4.52. The molecule has 0 saturated carbocycles. The number of aliphatic hydroxyl groups excluding tert-OH is 1. The van der Waals surface area contributed by atoms with E-state index in [4.69, 9.17) is 5.11 Å². The first kappa shape index (κ1) is 15.4. The first-order chi connectivity index (χ1) is 9.12. The van der Waals surface area contributed by atoms with Crippen LogP contribution in [0.5, 0.6) is 0 Å². The molecule has 0 saturated heterocycles. The van der Waals surface area contributed by atoms with Crippen LogP contribution in [0, 0.1) is 0 Å². The van der Waals surface area contributed by atoms with Crippen LogP contribution in [0.4, 0.5) is 5.82 Å². The van der Waals surface area contributed by atoms with Crippen molar-refractivity contribution in [2.24, 2.45) is 0 Å². The van der Waals surface area contributed by atoms with Crippen molar-refractivity contribution in [1.29, 1.82) is 0 Å². The number of amides is 1. The molecule has 0 aromatic carbocycles. The van der Waals surface area contributed by atoms with Gasteiger partial charge >= 0.3 is 0 Å². The van der Waals surface area contributed by atoms with Crippen LogP contribution in [0.2, 0.25) is 0 Å². The van der Waals surface area contributed by atoms with E-state index in [1.807, 2.05) is 13.0 Å². The highest BCUT2D eigenvalue weighted by Gasteiger charge is 2.13. The maximum atomic E-state index is 12.2. The number of rotatable bonds is 7. The van der Waals surface area contributed by atoms with Crippen molar-refractivity contribution in [2.45, 2.75) is 26.7 Å². The molecule has 0 aliphatic heterocycles. The van der Waals surface area contributed by atoms with Crippen LogP contribution in [0.3, 0.4) is 0 Å². The van der Waals surface area contributed by atoms with Crippen LogP contribution in [-0.4, -0.2) is 47.6 Å². The van der Waals surface area contributed by atoms with Gasteiger partial charge in [-0.15, -0.1) is 0 Å². The van der Waals surface area contributed by atoms with Crippen LogP contribution in [0.25, 0.3) is 0 Å². The Kier molecular flexibility index (Phi) is 6.29. The maximum absolute atomic E-state index is 12.2. The largest absolute Gasteiger partial charge is 0.395 e. The molecule has 106 valence electrons. The summed E-state index contributed by atoms with van der Waals surface area (Å²) in [5, 5.41) is 12.1. The number of hydrogen-bond donors (Lipinski definition) is 2. The van der Waals surface area contributed by atoms with E-state index in [0.717, 1.165) is 30.9 Å². The second kappa shape index (κ2) is 7.74. The fourth-order valence-corrected chi connectivity index (χ4v) is 1.71. The van der Waals surface area contributed by atoms with Crippen molar-refractivity contribution in [3.63, 3.8) is 0 Å². The molecule has 1 heterocycles. The number of likely N-dealkylation sites (N-methyl/N-ethyl adjacent to an activating group) is 1. The molecule has 1 aromatic rings. The molecule has 0 aliphatic carbocycles. The van der Waals surface area contributed by atoms with Crippen LogP contribution in [0.15, 0.2) is 12.1 Å². The summed E-state index contributed by atoms with van der Waals surface area (Å²) in [6, 6.07) is 3.58. The van der Waals surface area contributed by atoms with E-state index in [-0.39, 0.29) is 12.5 Å². The Bertz CT molecular complexity index is 421. The Morgan fingerprint density at radius 1 is 1.42 bits per heavy atom. The van der Waals surface area contributed by atoms with Gasteiger partial charge in [-0.2, -0.15) is 0 Å². The molecular weight excluding hydrogens is 242 g/mol. The van der Waals surface area contributed by atoms with Gasteiger partial charge in [-0.3, -0.25) is 4.79 Å². The van der Waals surface area contributed by atoms with Crippen molar-refractivity contribution in [3.8, 4) is 0 Å². The summed E-state index contributed by atoms with van der Waals surface area (Å²) in [5.41, 5.74) is 1.50. The molecule has 1 rings (SSSR count). The van der Waals surface area contributed by atoms with E-state index in [1.165, 1.54) is 4.90 Å². The predicted octanol–water partition coefficient (Wildman–Crippen LogP) is 1.53. The predicted molar refractivity (Wildman–Crippen MR) is 76.4 cm³/mol. The molecule has 19 heavy (non-hydrogen) atoms. The van der Waals surface area contributed by atoms with Crippen molar-refractivity contribution in [3.05, 3.63) is 23.4 Å². The summed E-state index contributed by atoms with van der Waals surface area (Å²) < 4.78 is 0. The number of aryl methyl sites for hydroxylation is 1. The Labute approximate surface area is 114 Å². The summed E-state index contributed by atoms with van der Waals surface area (Å²) in [6.45, 7) is 5.23. The van der Waals surface area contributed by atoms with Gasteiger partial charge in [-0.05, 0) is 25.0 Å². The van der Waals surface area contributed by atoms with Crippen LogP contribution < -0.4 is 5.32 Å². The van der Waals surface area contributed by atoms with E-state index < -0.39 is 0 Å². The Morgan fingerprint density at radius 2 is 2.16 bits per heavy atom. The Morgan fingerprint density at radius 3 is 2.74 bits per heavy atom. The van der Waals surface area contributed by atoms with E-state index in [0.29, 0.717) is 12.1 Å². The lowest BCUT2D eigenvalue weighted by Gasteiger charge is -2.17. The highest BCUT2D eigenvalue weighted by atomic mass is 16.3. The highest BCUT2D eigenvalue weighted by molar-refractivity contribution is 5.94. The van der Waals surface area contributed by atoms with Gasteiger partial charge in [0.1, 0.15) is 5.82 Å². The Balaban J connectivity index is 2.95. The van der Waals surface area contributed by atoms with Gasteiger partial charge in [0, 0.05) is 31.4 Å².